The number of hydrogen-bond acceptors (Lipinski definition) is 3. The number of nitrogens with zero attached hydrogens (tertiary/aromatic N) is 2. The number of fused-ring (bicyclic) bond motifs is 1. The average molecular weight is 300 g/mol. The number of rotatable bonds is 3. The molecule has 6 heteroatoms. The highest BCUT2D eigenvalue weighted by Crippen LogP contribution is 2.26. The van der Waals surface area contributed by atoms with Crippen LogP contribution >= 0.6 is 0 Å². The first kappa shape index (κ1) is 14.1. The molecule has 3 aromatic rings. The molecule has 0 bridgehead atoms. The number of alkyl halides is 2. The summed E-state index contributed by atoms with van der Waals surface area (Å²) >= 11 is 0. The number of benzene rings is 1. The molecule has 0 saturated carbocycles. The molecule has 0 amide bonds. The van der Waals surface area contributed by atoms with Crippen molar-refractivity contribution in [2.45, 2.75) is 6.43 Å². The summed E-state index contributed by atoms with van der Waals surface area (Å²) in [5.41, 5.74) is 1.73. The van der Waals surface area contributed by atoms with Crippen LogP contribution in [-0.4, -0.2) is 21.0 Å². The van der Waals surface area contributed by atoms with Crippen LogP contribution in [0.2, 0.25) is 0 Å². The normalized spacial score (nSPS) is 11.0. The molecule has 3 rings (SSSR count). The fourth-order valence-corrected chi connectivity index (χ4v) is 2.22. The summed E-state index contributed by atoms with van der Waals surface area (Å²) in [4.78, 5) is 19.1. The van der Waals surface area contributed by atoms with E-state index in [1.807, 2.05) is 0 Å². The van der Waals surface area contributed by atoms with Crippen molar-refractivity contribution in [2.75, 3.05) is 0 Å². The number of hydrogen-bond donors (Lipinski definition) is 1. The molecule has 110 valence electrons. The Labute approximate surface area is 124 Å². The second-order valence-electron chi connectivity index (χ2n) is 4.67. The molecule has 0 spiro atoms. The topological polar surface area (TPSA) is 63.1 Å². The van der Waals surface area contributed by atoms with Gasteiger partial charge < -0.3 is 5.11 Å². The van der Waals surface area contributed by atoms with Crippen LogP contribution in [0.3, 0.4) is 0 Å². The molecule has 0 radical (unpaired) electrons. The van der Waals surface area contributed by atoms with Crippen molar-refractivity contribution >= 4 is 16.9 Å². The Kier molecular flexibility index (Phi) is 3.50. The van der Waals surface area contributed by atoms with Crippen molar-refractivity contribution in [3.05, 3.63) is 60.0 Å². The lowest BCUT2D eigenvalue weighted by Gasteiger charge is -2.06. The smallest absolute Gasteiger partial charge is 0.336 e. The molecule has 1 N–H and O–H groups in total. The highest BCUT2D eigenvalue weighted by molar-refractivity contribution is 6.03. The zero-order valence-corrected chi connectivity index (χ0v) is 11.2. The number of halogens is 2. The van der Waals surface area contributed by atoms with E-state index in [1.165, 1.54) is 30.6 Å². The predicted molar refractivity (Wildman–Crippen MR) is 76.9 cm³/mol. The van der Waals surface area contributed by atoms with E-state index in [0.29, 0.717) is 22.0 Å². The molecule has 2 heterocycles. The first-order valence-corrected chi connectivity index (χ1v) is 6.43. The summed E-state index contributed by atoms with van der Waals surface area (Å²) in [6, 6.07) is 9.33. The van der Waals surface area contributed by atoms with Crippen LogP contribution in [0, 0.1) is 0 Å². The van der Waals surface area contributed by atoms with Gasteiger partial charge in [0.25, 0.3) is 6.43 Å². The number of aromatic carboxylic acids is 1. The Hall–Kier alpha value is -2.89. The van der Waals surface area contributed by atoms with Crippen LogP contribution in [0.5, 0.6) is 0 Å². The van der Waals surface area contributed by atoms with Crippen molar-refractivity contribution in [3.8, 4) is 11.1 Å². The number of carboxylic acid groups (broad SMARTS) is 1. The molecule has 0 fully saturated rings. The summed E-state index contributed by atoms with van der Waals surface area (Å²) in [6.07, 6.45) is 0.165. The van der Waals surface area contributed by atoms with E-state index in [4.69, 9.17) is 0 Å². The number of carboxylic acids is 1. The zero-order chi connectivity index (χ0) is 15.7. The van der Waals surface area contributed by atoms with E-state index in [2.05, 4.69) is 9.97 Å². The van der Waals surface area contributed by atoms with E-state index in [0.717, 1.165) is 0 Å². The second kappa shape index (κ2) is 5.48. The van der Waals surface area contributed by atoms with Crippen molar-refractivity contribution in [1.29, 1.82) is 0 Å². The molecule has 4 nitrogen and oxygen atoms in total. The van der Waals surface area contributed by atoms with Crippen LogP contribution in [0.25, 0.3) is 22.0 Å². The molecule has 1 aromatic carbocycles. The maximum absolute atomic E-state index is 12.5. The third-order valence-electron chi connectivity index (χ3n) is 3.32. The van der Waals surface area contributed by atoms with Gasteiger partial charge in [-0.2, -0.15) is 0 Å². The quantitative estimate of drug-likeness (QED) is 0.796. The molecule has 0 aliphatic heterocycles. The Morgan fingerprint density at radius 2 is 1.82 bits per heavy atom. The van der Waals surface area contributed by atoms with E-state index in [-0.39, 0.29) is 11.3 Å². The van der Waals surface area contributed by atoms with Gasteiger partial charge in [0.05, 0.1) is 11.1 Å². The number of carbonyl (C=O) groups is 1. The lowest BCUT2D eigenvalue weighted by molar-refractivity contribution is 0.0699. The molecule has 2 aromatic heterocycles. The maximum Gasteiger partial charge on any atom is 0.336 e. The number of pyridine rings is 2. The Morgan fingerprint density at radius 1 is 1.05 bits per heavy atom. The lowest BCUT2D eigenvalue weighted by atomic mass is 10.0. The van der Waals surface area contributed by atoms with Gasteiger partial charge in [-0.3, -0.25) is 9.97 Å². The van der Waals surface area contributed by atoms with E-state index < -0.39 is 12.4 Å². The molecular formula is C16H10F2N2O2. The number of aromatic nitrogens is 2. The van der Waals surface area contributed by atoms with E-state index in [9.17, 15) is 18.7 Å². The van der Waals surface area contributed by atoms with Crippen LogP contribution < -0.4 is 0 Å². The minimum atomic E-state index is -2.62. The monoisotopic (exact) mass is 300 g/mol. The van der Waals surface area contributed by atoms with Crippen molar-refractivity contribution in [1.82, 2.24) is 9.97 Å². The molecule has 0 saturated heterocycles. The highest BCUT2D eigenvalue weighted by atomic mass is 19.3. The summed E-state index contributed by atoms with van der Waals surface area (Å²) < 4.78 is 25.0. The van der Waals surface area contributed by atoms with Crippen LogP contribution in [0.15, 0.2) is 48.8 Å². The molecule has 0 atom stereocenters. The van der Waals surface area contributed by atoms with E-state index >= 15 is 0 Å². The third-order valence-corrected chi connectivity index (χ3v) is 3.32. The third kappa shape index (κ3) is 2.50. The van der Waals surface area contributed by atoms with E-state index in [1.54, 1.807) is 18.2 Å². The Bertz CT molecular complexity index is 848. The fraction of sp³-hybridized carbons (Fsp3) is 0.0625. The van der Waals surface area contributed by atoms with Gasteiger partial charge >= 0.3 is 5.97 Å². The van der Waals surface area contributed by atoms with Gasteiger partial charge in [0.2, 0.25) is 0 Å². The van der Waals surface area contributed by atoms with Gasteiger partial charge in [0.1, 0.15) is 5.69 Å². The van der Waals surface area contributed by atoms with Gasteiger partial charge in [0.15, 0.2) is 0 Å². The van der Waals surface area contributed by atoms with Gasteiger partial charge in [-0.15, -0.1) is 0 Å². The lowest BCUT2D eigenvalue weighted by Crippen LogP contribution is -1.98. The standard InChI is InChI=1S/C16H10F2N2O2/c17-15(18)14-4-2-10(8-20-14)9-1-3-13-12(7-9)11(16(21)22)5-6-19-13/h1-8,15H,(H,21,22). The highest BCUT2D eigenvalue weighted by Gasteiger charge is 2.11. The summed E-state index contributed by atoms with van der Waals surface area (Å²) in [5, 5.41) is 9.71. The van der Waals surface area contributed by atoms with Crippen molar-refractivity contribution in [2.24, 2.45) is 0 Å². The minimum absolute atomic E-state index is 0.143. The summed E-state index contributed by atoms with van der Waals surface area (Å²) in [6.45, 7) is 0. The Morgan fingerprint density at radius 3 is 2.45 bits per heavy atom. The summed E-state index contributed by atoms with van der Waals surface area (Å²) in [5.74, 6) is -1.05. The van der Waals surface area contributed by atoms with Gasteiger partial charge in [-0.25, -0.2) is 13.6 Å². The molecule has 0 aliphatic carbocycles. The molecular weight excluding hydrogens is 290 g/mol. The van der Waals surface area contributed by atoms with Gasteiger partial charge in [0, 0.05) is 23.3 Å². The predicted octanol–water partition coefficient (Wildman–Crippen LogP) is 3.93. The summed E-state index contributed by atoms with van der Waals surface area (Å²) in [7, 11) is 0. The van der Waals surface area contributed by atoms with Crippen molar-refractivity contribution < 1.29 is 18.7 Å². The first-order valence-electron chi connectivity index (χ1n) is 6.43. The first-order chi connectivity index (χ1) is 10.6. The van der Waals surface area contributed by atoms with Crippen LogP contribution in [0.1, 0.15) is 22.5 Å². The largest absolute Gasteiger partial charge is 0.478 e. The fourth-order valence-electron chi connectivity index (χ4n) is 2.22. The van der Waals surface area contributed by atoms with Gasteiger partial charge in [-0.05, 0) is 29.8 Å². The van der Waals surface area contributed by atoms with Crippen LogP contribution in [-0.2, 0) is 0 Å². The van der Waals surface area contributed by atoms with Crippen LogP contribution in [0.4, 0.5) is 8.78 Å². The molecule has 22 heavy (non-hydrogen) atoms. The average Bonchev–Trinajstić information content (AvgIpc) is 2.53. The maximum atomic E-state index is 12.5. The second-order valence-corrected chi connectivity index (χ2v) is 4.67. The van der Waals surface area contributed by atoms with Crippen molar-refractivity contribution in [3.63, 3.8) is 0 Å². The molecule has 0 unspecified atom stereocenters. The Balaban J connectivity index is 2.11. The minimum Gasteiger partial charge on any atom is -0.478 e. The zero-order valence-electron chi connectivity index (χ0n) is 11.2. The molecule has 0 aliphatic rings. The van der Waals surface area contributed by atoms with Gasteiger partial charge in [-0.1, -0.05) is 12.1 Å². The SMILES string of the molecule is O=C(O)c1ccnc2ccc(-c3ccc(C(F)F)nc3)cc12.